The predicted molar refractivity (Wildman–Crippen MR) is 94.5 cm³/mol. The van der Waals surface area contributed by atoms with Gasteiger partial charge in [-0.15, -0.1) is 11.3 Å². The molecule has 124 valence electrons. The lowest BCUT2D eigenvalue weighted by atomic mass is 10.1. The number of ether oxygens (including phenoxy) is 1. The maximum Gasteiger partial charge on any atom is 0.240 e. The molecule has 0 bridgehead atoms. The number of methoxy groups -OCH3 is 1. The summed E-state index contributed by atoms with van der Waals surface area (Å²) in [6.07, 6.45) is 0.713. The number of carbonyl (C=O) groups excluding carboxylic acids is 1. The van der Waals surface area contributed by atoms with Crippen molar-refractivity contribution < 1.29 is 9.53 Å². The van der Waals surface area contributed by atoms with E-state index in [1.165, 1.54) is 11.3 Å². The number of hydrogen-bond acceptors (Lipinski definition) is 5. The molecule has 1 aromatic carbocycles. The largest absolute Gasteiger partial charge is 0.383 e. The number of amides is 1. The van der Waals surface area contributed by atoms with Crippen LogP contribution in [0.2, 0.25) is 5.02 Å². The number of halogens is 1. The summed E-state index contributed by atoms with van der Waals surface area (Å²) in [7, 11) is 1.63. The molecule has 0 aliphatic carbocycles. The fraction of sp³-hybridized carbons (Fsp3) is 0.375. The van der Waals surface area contributed by atoms with Crippen molar-refractivity contribution in [1.82, 2.24) is 10.3 Å². The zero-order chi connectivity index (χ0) is 16.7. The van der Waals surface area contributed by atoms with Gasteiger partial charge >= 0.3 is 0 Å². The molecule has 1 amide bonds. The van der Waals surface area contributed by atoms with Crippen LogP contribution in [0.3, 0.4) is 0 Å². The van der Waals surface area contributed by atoms with Crippen LogP contribution in [-0.2, 0) is 16.0 Å². The van der Waals surface area contributed by atoms with E-state index in [0.29, 0.717) is 24.7 Å². The molecule has 2 aromatic rings. The molecule has 0 spiro atoms. The number of nitrogens with one attached hydrogen (secondary N) is 2. The van der Waals surface area contributed by atoms with E-state index in [-0.39, 0.29) is 12.5 Å². The number of aromatic nitrogens is 1. The highest BCUT2D eigenvalue weighted by molar-refractivity contribution is 7.15. The Labute approximate surface area is 145 Å². The Morgan fingerprint density at radius 1 is 1.39 bits per heavy atom. The lowest BCUT2D eigenvalue weighted by molar-refractivity contribution is -0.115. The van der Waals surface area contributed by atoms with Gasteiger partial charge in [0.25, 0.3) is 0 Å². The quantitative estimate of drug-likeness (QED) is 0.716. The standard InChI is InChI=1S/C16H20ClN3O2S/c1-11-14(9-12-5-3-4-6-13(12)17)23-16(19-11)20-15(21)10-18-7-8-22-2/h3-6,18H,7-10H2,1-2H3,(H,19,20,21). The normalized spacial score (nSPS) is 10.7. The van der Waals surface area contributed by atoms with Crippen molar-refractivity contribution in [2.45, 2.75) is 13.3 Å². The van der Waals surface area contributed by atoms with Gasteiger partial charge in [0.1, 0.15) is 0 Å². The zero-order valence-corrected chi connectivity index (χ0v) is 14.8. The molecule has 0 radical (unpaired) electrons. The average molecular weight is 354 g/mol. The van der Waals surface area contributed by atoms with Crippen molar-refractivity contribution in [3.05, 3.63) is 45.4 Å². The first-order valence-electron chi connectivity index (χ1n) is 7.29. The van der Waals surface area contributed by atoms with Gasteiger partial charge in [0.15, 0.2) is 5.13 Å². The Hall–Kier alpha value is -1.47. The SMILES string of the molecule is COCCNCC(=O)Nc1nc(C)c(Cc2ccccc2Cl)s1. The molecule has 1 aromatic heterocycles. The second kappa shape index (κ2) is 8.98. The molecule has 0 unspecified atom stereocenters. The number of benzene rings is 1. The van der Waals surface area contributed by atoms with Crippen LogP contribution in [0.1, 0.15) is 16.1 Å². The van der Waals surface area contributed by atoms with Crippen LogP contribution in [0.4, 0.5) is 5.13 Å². The molecule has 0 saturated heterocycles. The van der Waals surface area contributed by atoms with Gasteiger partial charge in [-0.1, -0.05) is 29.8 Å². The smallest absolute Gasteiger partial charge is 0.240 e. The lowest BCUT2D eigenvalue weighted by Crippen LogP contribution is -2.30. The van der Waals surface area contributed by atoms with E-state index in [9.17, 15) is 4.79 Å². The number of thiazole rings is 1. The number of hydrogen-bond donors (Lipinski definition) is 2. The summed E-state index contributed by atoms with van der Waals surface area (Å²) in [5.74, 6) is -0.112. The molecule has 0 aliphatic rings. The maximum absolute atomic E-state index is 11.8. The van der Waals surface area contributed by atoms with Gasteiger partial charge in [-0.2, -0.15) is 0 Å². The van der Waals surface area contributed by atoms with Gasteiger partial charge in [0.05, 0.1) is 18.8 Å². The van der Waals surface area contributed by atoms with Crippen LogP contribution in [0.15, 0.2) is 24.3 Å². The summed E-state index contributed by atoms with van der Waals surface area (Å²) in [5, 5.41) is 7.17. The number of carbonyl (C=O) groups is 1. The molecule has 7 heteroatoms. The van der Waals surface area contributed by atoms with E-state index in [1.54, 1.807) is 7.11 Å². The van der Waals surface area contributed by atoms with E-state index >= 15 is 0 Å². The molecular weight excluding hydrogens is 334 g/mol. The van der Waals surface area contributed by atoms with Crippen LogP contribution in [0.5, 0.6) is 0 Å². The maximum atomic E-state index is 11.8. The van der Waals surface area contributed by atoms with E-state index in [0.717, 1.165) is 21.2 Å². The van der Waals surface area contributed by atoms with Crippen molar-refractivity contribution in [1.29, 1.82) is 0 Å². The Balaban J connectivity index is 1.93. The second-order valence-corrected chi connectivity index (χ2v) is 6.50. The van der Waals surface area contributed by atoms with Crippen molar-refractivity contribution in [3.63, 3.8) is 0 Å². The van der Waals surface area contributed by atoms with E-state index < -0.39 is 0 Å². The van der Waals surface area contributed by atoms with Crippen molar-refractivity contribution in [2.75, 3.05) is 32.1 Å². The third-order valence-electron chi connectivity index (χ3n) is 3.22. The highest BCUT2D eigenvalue weighted by Gasteiger charge is 2.12. The Morgan fingerprint density at radius 3 is 2.91 bits per heavy atom. The summed E-state index contributed by atoms with van der Waals surface area (Å²) < 4.78 is 4.91. The van der Waals surface area contributed by atoms with Gasteiger partial charge in [-0.05, 0) is 18.6 Å². The van der Waals surface area contributed by atoms with Gasteiger partial charge < -0.3 is 15.4 Å². The fourth-order valence-electron chi connectivity index (χ4n) is 2.00. The summed E-state index contributed by atoms with van der Waals surface area (Å²) >= 11 is 7.68. The van der Waals surface area contributed by atoms with Crippen LogP contribution in [0.25, 0.3) is 0 Å². The number of anilines is 1. The minimum atomic E-state index is -0.112. The first-order chi connectivity index (χ1) is 11.1. The number of rotatable bonds is 8. The molecule has 0 aliphatic heterocycles. The Bertz CT molecular complexity index is 661. The molecule has 2 N–H and O–H groups in total. The topological polar surface area (TPSA) is 63.2 Å². The molecule has 23 heavy (non-hydrogen) atoms. The zero-order valence-electron chi connectivity index (χ0n) is 13.2. The molecule has 1 heterocycles. The number of nitrogens with zero attached hydrogens (tertiary/aromatic N) is 1. The molecule has 0 saturated carbocycles. The van der Waals surface area contributed by atoms with E-state index in [1.807, 2.05) is 31.2 Å². The average Bonchev–Trinajstić information content (AvgIpc) is 2.85. The highest BCUT2D eigenvalue weighted by atomic mass is 35.5. The van der Waals surface area contributed by atoms with Crippen molar-refractivity contribution in [3.8, 4) is 0 Å². The second-order valence-electron chi connectivity index (χ2n) is 5.01. The summed E-state index contributed by atoms with van der Waals surface area (Å²) in [4.78, 5) is 17.3. The minimum absolute atomic E-state index is 0.112. The summed E-state index contributed by atoms with van der Waals surface area (Å²) in [5.41, 5.74) is 1.97. The van der Waals surface area contributed by atoms with Gasteiger partial charge in [0, 0.05) is 30.0 Å². The Kier molecular flexibility index (Phi) is 6.98. The Morgan fingerprint density at radius 2 is 2.17 bits per heavy atom. The van der Waals surface area contributed by atoms with E-state index in [4.69, 9.17) is 16.3 Å². The van der Waals surface area contributed by atoms with E-state index in [2.05, 4.69) is 15.6 Å². The molecule has 2 rings (SSSR count). The van der Waals surface area contributed by atoms with Gasteiger partial charge in [0.2, 0.25) is 5.91 Å². The first kappa shape index (κ1) is 17.9. The van der Waals surface area contributed by atoms with Crippen LogP contribution in [-0.4, -0.2) is 37.7 Å². The van der Waals surface area contributed by atoms with Crippen molar-refractivity contribution >= 4 is 34.0 Å². The summed E-state index contributed by atoms with van der Waals surface area (Å²) in [6.45, 7) is 3.39. The van der Waals surface area contributed by atoms with Crippen LogP contribution < -0.4 is 10.6 Å². The first-order valence-corrected chi connectivity index (χ1v) is 8.49. The fourth-order valence-corrected chi connectivity index (χ4v) is 3.20. The van der Waals surface area contributed by atoms with Crippen molar-refractivity contribution in [2.24, 2.45) is 0 Å². The van der Waals surface area contributed by atoms with Gasteiger partial charge in [-0.3, -0.25) is 4.79 Å². The molecular formula is C16H20ClN3O2S. The minimum Gasteiger partial charge on any atom is -0.383 e. The third kappa shape index (κ3) is 5.58. The molecule has 0 fully saturated rings. The summed E-state index contributed by atoms with van der Waals surface area (Å²) in [6, 6.07) is 7.75. The van der Waals surface area contributed by atoms with Gasteiger partial charge in [-0.25, -0.2) is 4.98 Å². The highest BCUT2D eigenvalue weighted by Crippen LogP contribution is 2.27. The van der Waals surface area contributed by atoms with Crippen LogP contribution >= 0.6 is 22.9 Å². The third-order valence-corrected chi connectivity index (χ3v) is 4.66. The molecule has 0 atom stereocenters. The van der Waals surface area contributed by atoms with Crippen LogP contribution in [0, 0.1) is 6.92 Å². The number of aryl methyl sites for hydroxylation is 1. The lowest BCUT2D eigenvalue weighted by Gasteiger charge is -2.03. The molecule has 5 nitrogen and oxygen atoms in total. The monoisotopic (exact) mass is 353 g/mol. The predicted octanol–water partition coefficient (Wildman–Crippen LogP) is 2.87.